The van der Waals surface area contributed by atoms with Crippen molar-refractivity contribution < 1.29 is 22.7 Å². The first kappa shape index (κ1) is 18.7. The van der Waals surface area contributed by atoms with Crippen LogP contribution in [0.2, 0.25) is 0 Å². The van der Waals surface area contributed by atoms with Crippen LogP contribution in [-0.2, 0) is 10.9 Å². The molecule has 0 aliphatic heterocycles. The molecule has 0 amide bonds. The highest BCUT2D eigenvalue weighted by atomic mass is 32.1. The molecule has 0 bridgehead atoms. The first-order valence-corrected chi connectivity index (χ1v) is 7.56. The van der Waals surface area contributed by atoms with Crippen molar-refractivity contribution in [2.75, 3.05) is 17.7 Å². The first-order valence-electron chi connectivity index (χ1n) is 7.15. The van der Waals surface area contributed by atoms with E-state index in [1.165, 1.54) is 19.2 Å². The Morgan fingerprint density at radius 3 is 2.48 bits per heavy atom. The number of methoxy groups -OCH3 is 1. The molecule has 2 N–H and O–H groups in total. The summed E-state index contributed by atoms with van der Waals surface area (Å²) in [5.74, 6) is -0.500. The summed E-state index contributed by atoms with van der Waals surface area (Å²) in [5.41, 5.74) is 1.11. The molecule has 0 spiro atoms. The zero-order valence-electron chi connectivity index (χ0n) is 13.4. The molecule has 25 heavy (non-hydrogen) atoms. The second kappa shape index (κ2) is 7.52. The van der Waals surface area contributed by atoms with Crippen molar-refractivity contribution in [3.05, 3.63) is 59.2 Å². The van der Waals surface area contributed by atoms with Gasteiger partial charge in [-0.1, -0.05) is 12.1 Å². The summed E-state index contributed by atoms with van der Waals surface area (Å²) < 4.78 is 42.9. The molecule has 0 heterocycles. The molecule has 4 nitrogen and oxygen atoms in total. The van der Waals surface area contributed by atoms with Gasteiger partial charge in [0.15, 0.2) is 5.11 Å². The monoisotopic (exact) mass is 368 g/mol. The highest BCUT2D eigenvalue weighted by molar-refractivity contribution is 7.80. The Labute approximate surface area is 148 Å². The lowest BCUT2D eigenvalue weighted by Crippen LogP contribution is -2.20. The van der Waals surface area contributed by atoms with Gasteiger partial charge in [0.05, 0.1) is 18.2 Å². The van der Waals surface area contributed by atoms with Gasteiger partial charge in [-0.3, -0.25) is 0 Å². The molecule has 0 aliphatic rings. The Hall–Kier alpha value is -2.61. The molecule has 0 aliphatic carbocycles. The van der Waals surface area contributed by atoms with Gasteiger partial charge in [0, 0.05) is 11.4 Å². The fourth-order valence-electron chi connectivity index (χ4n) is 2.06. The Bertz CT molecular complexity index is 807. The maximum Gasteiger partial charge on any atom is 0.416 e. The lowest BCUT2D eigenvalue weighted by molar-refractivity contribution is -0.137. The van der Waals surface area contributed by atoms with Crippen molar-refractivity contribution in [1.29, 1.82) is 0 Å². The van der Waals surface area contributed by atoms with Crippen LogP contribution in [0.4, 0.5) is 24.5 Å². The number of anilines is 2. The van der Waals surface area contributed by atoms with Crippen LogP contribution in [0.25, 0.3) is 0 Å². The van der Waals surface area contributed by atoms with Gasteiger partial charge in [0.2, 0.25) is 0 Å². The molecule has 2 rings (SSSR count). The molecule has 2 aromatic carbocycles. The number of hydrogen-bond acceptors (Lipinski definition) is 3. The maximum absolute atomic E-state index is 12.7. The molecular weight excluding hydrogens is 353 g/mol. The van der Waals surface area contributed by atoms with Crippen LogP contribution in [0.1, 0.15) is 21.5 Å². The minimum absolute atomic E-state index is 0.101. The minimum atomic E-state index is -4.43. The Balaban J connectivity index is 2.14. The highest BCUT2D eigenvalue weighted by Crippen LogP contribution is 2.30. The third-order valence-corrected chi connectivity index (χ3v) is 3.56. The second-order valence-corrected chi connectivity index (χ2v) is 5.59. The molecule has 0 aromatic heterocycles. The molecule has 0 radical (unpaired) electrons. The van der Waals surface area contributed by atoms with Crippen molar-refractivity contribution in [3.63, 3.8) is 0 Å². The molecule has 2 aromatic rings. The summed E-state index contributed by atoms with van der Waals surface area (Å²) in [5, 5.41) is 5.67. The quantitative estimate of drug-likeness (QED) is 0.612. The number of nitrogens with one attached hydrogen (secondary N) is 2. The van der Waals surface area contributed by atoms with Gasteiger partial charge in [0.1, 0.15) is 0 Å². The number of aryl methyl sites for hydroxylation is 1. The van der Waals surface area contributed by atoms with Crippen LogP contribution in [-0.4, -0.2) is 18.2 Å². The van der Waals surface area contributed by atoms with Crippen molar-refractivity contribution in [2.24, 2.45) is 0 Å². The summed E-state index contributed by atoms with van der Waals surface area (Å²) in [6, 6.07) is 9.58. The van der Waals surface area contributed by atoms with Crippen LogP contribution in [0.3, 0.4) is 0 Å². The number of halogens is 3. The number of esters is 1. The van der Waals surface area contributed by atoms with E-state index in [1.807, 2.05) is 0 Å². The van der Waals surface area contributed by atoms with Crippen molar-refractivity contribution in [3.8, 4) is 0 Å². The molecule has 132 valence electrons. The zero-order valence-corrected chi connectivity index (χ0v) is 14.2. The van der Waals surface area contributed by atoms with E-state index in [0.717, 1.165) is 17.7 Å². The number of rotatable bonds is 3. The van der Waals surface area contributed by atoms with Crippen LogP contribution in [0.5, 0.6) is 0 Å². The summed E-state index contributed by atoms with van der Waals surface area (Å²) in [6.45, 7) is 1.80. The van der Waals surface area contributed by atoms with Gasteiger partial charge in [-0.2, -0.15) is 13.2 Å². The molecule has 0 saturated heterocycles. The van der Waals surface area contributed by atoms with Gasteiger partial charge in [-0.25, -0.2) is 4.79 Å². The van der Waals surface area contributed by atoms with E-state index >= 15 is 0 Å². The van der Waals surface area contributed by atoms with Gasteiger partial charge in [-0.05, 0) is 55.0 Å². The predicted molar refractivity (Wildman–Crippen MR) is 93.8 cm³/mol. The topological polar surface area (TPSA) is 50.4 Å². The second-order valence-electron chi connectivity index (χ2n) is 5.18. The number of carbonyl (C=O) groups is 1. The summed E-state index contributed by atoms with van der Waals surface area (Å²) >= 11 is 5.13. The summed E-state index contributed by atoms with van der Waals surface area (Å²) in [6.07, 6.45) is -4.43. The molecule has 8 heteroatoms. The van der Waals surface area contributed by atoms with Crippen LogP contribution in [0.15, 0.2) is 42.5 Å². The van der Waals surface area contributed by atoms with E-state index in [-0.39, 0.29) is 10.8 Å². The number of carbonyl (C=O) groups excluding carboxylic acids is 1. The van der Waals surface area contributed by atoms with Gasteiger partial charge < -0.3 is 15.4 Å². The molecule has 0 saturated carbocycles. The number of thiocarbonyl (C=S) groups is 1. The van der Waals surface area contributed by atoms with Crippen molar-refractivity contribution >= 4 is 34.7 Å². The zero-order chi connectivity index (χ0) is 18.6. The standard InChI is InChI=1S/C17H15F3N2O2S/c1-10-6-7-11(15(23)24-2)8-14(10)22-16(25)21-13-5-3-4-12(9-13)17(18,19)20/h3-9H,1-2H3,(H2,21,22,25). The summed E-state index contributed by atoms with van der Waals surface area (Å²) in [7, 11) is 1.27. The lowest BCUT2D eigenvalue weighted by atomic mass is 10.1. The molecule has 0 unspecified atom stereocenters. The maximum atomic E-state index is 12.7. The van der Waals surface area contributed by atoms with Crippen LogP contribution < -0.4 is 10.6 Å². The SMILES string of the molecule is COC(=O)c1ccc(C)c(NC(=S)Nc2cccc(C(F)(F)F)c2)c1. The van der Waals surface area contributed by atoms with E-state index in [4.69, 9.17) is 12.2 Å². The Kier molecular flexibility index (Phi) is 5.63. The van der Waals surface area contributed by atoms with E-state index in [9.17, 15) is 18.0 Å². The van der Waals surface area contributed by atoms with E-state index < -0.39 is 17.7 Å². The first-order chi connectivity index (χ1) is 11.7. The molecular formula is C17H15F3N2O2S. The smallest absolute Gasteiger partial charge is 0.416 e. The average Bonchev–Trinajstić information content (AvgIpc) is 2.55. The third kappa shape index (κ3) is 4.93. The fraction of sp³-hybridized carbons (Fsp3) is 0.176. The third-order valence-electron chi connectivity index (χ3n) is 3.35. The van der Waals surface area contributed by atoms with Crippen LogP contribution >= 0.6 is 12.2 Å². The lowest BCUT2D eigenvalue weighted by Gasteiger charge is -2.14. The predicted octanol–water partition coefficient (Wildman–Crippen LogP) is 4.61. The van der Waals surface area contributed by atoms with Crippen LogP contribution in [0, 0.1) is 6.92 Å². The summed E-state index contributed by atoms with van der Waals surface area (Å²) in [4.78, 5) is 11.6. The fourth-order valence-corrected chi connectivity index (χ4v) is 2.29. The Morgan fingerprint density at radius 2 is 1.84 bits per heavy atom. The molecule has 0 fully saturated rings. The van der Waals surface area contributed by atoms with Gasteiger partial charge >= 0.3 is 12.1 Å². The normalized spacial score (nSPS) is 10.9. The largest absolute Gasteiger partial charge is 0.465 e. The van der Waals surface area contributed by atoms with Crippen molar-refractivity contribution in [1.82, 2.24) is 0 Å². The van der Waals surface area contributed by atoms with E-state index in [1.54, 1.807) is 25.1 Å². The Morgan fingerprint density at radius 1 is 1.12 bits per heavy atom. The number of alkyl halides is 3. The van der Waals surface area contributed by atoms with Gasteiger partial charge in [0.25, 0.3) is 0 Å². The van der Waals surface area contributed by atoms with E-state index in [2.05, 4.69) is 15.4 Å². The molecule has 0 atom stereocenters. The van der Waals surface area contributed by atoms with Gasteiger partial charge in [-0.15, -0.1) is 0 Å². The van der Waals surface area contributed by atoms with Crippen molar-refractivity contribution in [2.45, 2.75) is 13.1 Å². The minimum Gasteiger partial charge on any atom is -0.465 e. The number of benzene rings is 2. The average molecular weight is 368 g/mol. The van der Waals surface area contributed by atoms with E-state index in [0.29, 0.717) is 11.3 Å². The number of hydrogen-bond donors (Lipinski definition) is 2. The highest BCUT2D eigenvalue weighted by Gasteiger charge is 2.30. The number of ether oxygens (including phenoxy) is 1.